The summed E-state index contributed by atoms with van der Waals surface area (Å²) in [5, 5.41) is 2.95. The molecule has 0 spiro atoms. The number of methoxy groups -OCH3 is 1. The van der Waals surface area contributed by atoms with Crippen LogP contribution in [0.5, 0.6) is 5.75 Å². The number of hydrogen-bond acceptors (Lipinski definition) is 4. The number of halogens is 1. The normalized spacial score (nSPS) is 18.2. The Morgan fingerprint density at radius 2 is 2.03 bits per heavy atom. The first-order valence-electron chi connectivity index (χ1n) is 9.78. The fourth-order valence-electron chi connectivity index (χ4n) is 4.16. The third kappa shape index (κ3) is 3.71. The summed E-state index contributed by atoms with van der Waals surface area (Å²) in [6.07, 6.45) is 3.05. The predicted octanol–water partition coefficient (Wildman–Crippen LogP) is 3.72. The van der Waals surface area contributed by atoms with E-state index in [4.69, 9.17) is 4.74 Å². The number of benzene rings is 2. The SMILES string of the molecule is COc1ccc(Br)cc1CNC(=O)c1ccc2c(c1)N(C)C(=O)C1CCCCN21. The minimum atomic E-state index is -0.184. The summed E-state index contributed by atoms with van der Waals surface area (Å²) in [5.74, 6) is 0.644. The van der Waals surface area contributed by atoms with Gasteiger partial charge in [-0.3, -0.25) is 9.59 Å². The van der Waals surface area contributed by atoms with Crippen molar-refractivity contribution >= 4 is 39.1 Å². The van der Waals surface area contributed by atoms with Crippen molar-refractivity contribution < 1.29 is 14.3 Å². The van der Waals surface area contributed by atoms with Crippen molar-refractivity contribution in [2.75, 3.05) is 30.5 Å². The van der Waals surface area contributed by atoms with Crippen LogP contribution in [0.3, 0.4) is 0 Å². The number of nitrogens with zero attached hydrogens (tertiary/aromatic N) is 2. The van der Waals surface area contributed by atoms with Gasteiger partial charge in [-0.2, -0.15) is 0 Å². The van der Waals surface area contributed by atoms with Crippen LogP contribution in [0, 0.1) is 0 Å². The van der Waals surface area contributed by atoms with Gasteiger partial charge in [-0.05, 0) is 55.7 Å². The fraction of sp³-hybridized carbons (Fsp3) is 0.364. The van der Waals surface area contributed by atoms with E-state index in [1.54, 1.807) is 19.1 Å². The molecule has 2 heterocycles. The molecule has 0 radical (unpaired) electrons. The molecule has 2 amide bonds. The van der Waals surface area contributed by atoms with Crippen LogP contribution in [0.25, 0.3) is 0 Å². The summed E-state index contributed by atoms with van der Waals surface area (Å²) in [7, 11) is 3.40. The lowest BCUT2D eigenvalue weighted by molar-refractivity contribution is -0.120. The van der Waals surface area contributed by atoms with Gasteiger partial charge < -0.3 is 19.9 Å². The van der Waals surface area contributed by atoms with Gasteiger partial charge in [0.25, 0.3) is 5.91 Å². The van der Waals surface area contributed by atoms with Gasteiger partial charge in [0.15, 0.2) is 0 Å². The standard InChI is InChI=1S/C22H24BrN3O3/c1-25-19-12-14(6-8-17(19)26-10-4-3-5-18(26)22(25)28)21(27)24-13-15-11-16(23)7-9-20(15)29-2/h6-9,11-12,18H,3-5,10,13H2,1-2H3,(H,24,27). The van der Waals surface area contributed by atoms with Gasteiger partial charge in [-0.15, -0.1) is 0 Å². The molecule has 0 saturated carbocycles. The smallest absolute Gasteiger partial charge is 0.251 e. The molecule has 29 heavy (non-hydrogen) atoms. The molecule has 1 unspecified atom stereocenters. The molecular formula is C22H24BrN3O3. The van der Waals surface area contributed by atoms with Crippen molar-refractivity contribution in [3.8, 4) is 5.75 Å². The number of carbonyl (C=O) groups excluding carboxylic acids is 2. The van der Waals surface area contributed by atoms with Gasteiger partial charge in [0.2, 0.25) is 5.91 Å². The van der Waals surface area contributed by atoms with E-state index in [9.17, 15) is 9.59 Å². The third-order valence-electron chi connectivity index (χ3n) is 5.71. The van der Waals surface area contributed by atoms with Gasteiger partial charge in [-0.25, -0.2) is 0 Å². The van der Waals surface area contributed by atoms with Crippen LogP contribution in [0.2, 0.25) is 0 Å². The van der Waals surface area contributed by atoms with Crippen molar-refractivity contribution in [1.29, 1.82) is 0 Å². The first-order chi connectivity index (χ1) is 14.0. The first kappa shape index (κ1) is 19.8. The number of piperidine rings is 1. The lowest BCUT2D eigenvalue weighted by Crippen LogP contribution is -2.54. The molecule has 1 atom stereocenters. The summed E-state index contributed by atoms with van der Waals surface area (Å²) in [4.78, 5) is 29.4. The second-order valence-corrected chi connectivity index (χ2v) is 8.36. The monoisotopic (exact) mass is 457 g/mol. The van der Waals surface area contributed by atoms with Gasteiger partial charge in [-0.1, -0.05) is 15.9 Å². The van der Waals surface area contributed by atoms with Crippen molar-refractivity contribution in [3.05, 3.63) is 52.0 Å². The predicted molar refractivity (Wildman–Crippen MR) is 117 cm³/mol. The molecule has 7 heteroatoms. The number of nitrogens with one attached hydrogen (secondary N) is 1. The number of likely N-dealkylation sites (N-methyl/N-ethyl adjacent to an activating group) is 1. The Morgan fingerprint density at radius 1 is 1.21 bits per heavy atom. The maximum absolute atomic E-state index is 12.8. The molecule has 2 aromatic carbocycles. The van der Waals surface area contributed by atoms with Gasteiger partial charge in [0.05, 0.1) is 18.5 Å². The van der Waals surface area contributed by atoms with Crippen LogP contribution in [0.4, 0.5) is 11.4 Å². The molecule has 0 aliphatic carbocycles. The minimum Gasteiger partial charge on any atom is -0.496 e. The number of fused-ring (bicyclic) bond motifs is 3. The minimum absolute atomic E-state index is 0.0788. The molecule has 2 aromatic rings. The molecule has 6 nitrogen and oxygen atoms in total. The van der Waals surface area contributed by atoms with Crippen LogP contribution < -0.4 is 19.9 Å². The zero-order valence-corrected chi connectivity index (χ0v) is 18.2. The molecule has 1 saturated heterocycles. The maximum Gasteiger partial charge on any atom is 0.251 e. The number of anilines is 2. The Morgan fingerprint density at radius 3 is 2.83 bits per heavy atom. The average molecular weight is 458 g/mol. The Kier molecular flexibility index (Phi) is 5.50. The molecule has 2 aliphatic rings. The van der Waals surface area contributed by atoms with E-state index in [-0.39, 0.29) is 17.9 Å². The lowest BCUT2D eigenvalue weighted by atomic mass is 9.96. The zero-order valence-electron chi connectivity index (χ0n) is 16.6. The van der Waals surface area contributed by atoms with E-state index >= 15 is 0 Å². The van der Waals surface area contributed by atoms with Crippen LogP contribution in [0.1, 0.15) is 35.2 Å². The quantitative estimate of drug-likeness (QED) is 0.759. The third-order valence-corrected chi connectivity index (χ3v) is 6.20. The molecular weight excluding hydrogens is 434 g/mol. The first-order valence-corrected chi connectivity index (χ1v) is 10.6. The second kappa shape index (κ2) is 8.06. The Hall–Kier alpha value is -2.54. The average Bonchev–Trinajstić information content (AvgIpc) is 2.75. The van der Waals surface area contributed by atoms with E-state index in [0.717, 1.165) is 53.0 Å². The molecule has 4 rings (SSSR count). The van der Waals surface area contributed by atoms with E-state index in [1.165, 1.54) is 0 Å². The molecule has 1 fully saturated rings. The van der Waals surface area contributed by atoms with Crippen LogP contribution >= 0.6 is 15.9 Å². The molecule has 0 aromatic heterocycles. The highest BCUT2D eigenvalue weighted by Crippen LogP contribution is 2.39. The topological polar surface area (TPSA) is 61.9 Å². The Balaban J connectivity index is 1.55. The maximum atomic E-state index is 12.8. The van der Waals surface area contributed by atoms with Crippen molar-refractivity contribution in [3.63, 3.8) is 0 Å². The van der Waals surface area contributed by atoms with Crippen molar-refractivity contribution in [2.24, 2.45) is 0 Å². The van der Waals surface area contributed by atoms with Gasteiger partial charge in [0.1, 0.15) is 11.8 Å². The van der Waals surface area contributed by atoms with Crippen molar-refractivity contribution in [1.82, 2.24) is 5.32 Å². The number of hydrogen-bond donors (Lipinski definition) is 1. The zero-order chi connectivity index (χ0) is 20.5. The molecule has 2 aliphatic heterocycles. The number of amides is 2. The van der Waals surface area contributed by atoms with Gasteiger partial charge in [0, 0.05) is 35.7 Å². The van der Waals surface area contributed by atoms with E-state index < -0.39 is 0 Å². The molecule has 0 bridgehead atoms. The fourth-order valence-corrected chi connectivity index (χ4v) is 4.57. The highest BCUT2D eigenvalue weighted by molar-refractivity contribution is 9.10. The Labute approximate surface area is 178 Å². The highest BCUT2D eigenvalue weighted by Gasteiger charge is 2.37. The summed E-state index contributed by atoms with van der Waals surface area (Å²) < 4.78 is 6.29. The summed E-state index contributed by atoms with van der Waals surface area (Å²) in [5.41, 5.74) is 3.24. The number of ether oxygens (including phenoxy) is 1. The van der Waals surface area contributed by atoms with E-state index in [1.807, 2.05) is 36.4 Å². The van der Waals surface area contributed by atoms with Crippen LogP contribution in [0.15, 0.2) is 40.9 Å². The van der Waals surface area contributed by atoms with Crippen molar-refractivity contribution in [2.45, 2.75) is 31.8 Å². The van der Waals surface area contributed by atoms with Crippen LogP contribution in [-0.2, 0) is 11.3 Å². The molecule has 152 valence electrons. The summed E-state index contributed by atoms with van der Waals surface area (Å²) in [6.45, 7) is 1.23. The number of rotatable bonds is 4. The van der Waals surface area contributed by atoms with E-state index in [2.05, 4.69) is 26.1 Å². The second-order valence-electron chi connectivity index (χ2n) is 7.44. The summed E-state index contributed by atoms with van der Waals surface area (Å²) in [6, 6.07) is 11.2. The Bertz CT molecular complexity index is 962. The molecule has 1 N–H and O–H groups in total. The number of carbonyl (C=O) groups is 2. The largest absolute Gasteiger partial charge is 0.496 e. The van der Waals surface area contributed by atoms with Gasteiger partial charge >= 0.3 is 0 Å². The lowest BCUT2D eigenvalue weighted by Gasteiger charge is -2.44. The van der Waals surface area contributed by atoms with E-state index in [0.29, 0.717) is 12.1 Å². The van der Waals surface area contributed by atoms with Crippen LogP contribution in [-0.4, -0.2) is 38.6 Å². The highest BCUT2D eigenvalue weighted by atomic mass is 79.9. The summed E-state index contributed by atoms with van der Waals surface area (Å²) >= 11 is 3.45.